The molecule has 0 unspecified atom stereocenters. The van der Waals surface area contributed by atoms with Crippen molar-refractivity contribution in [3.05, 3.63) is 71.1 Å². The molecule has 1 aliphatic rings. The first-order valence-corrected chi connectivity index (χ1v) is 10.6. The van der Waals surface area contributed by atoms with Gasteiger partial charge in [-0.2, -0.15) is 4.98 Å². The maximum atomic E-state index is 12.5. The number of nitrogens with zero attached hydrogens (tertiary/aromatic N) is 3. The van der Waals surface area contributed by atoms with Gasteiger partial charge < -0.3 is 14.7 Å². The molecule has 0 atom stereocenters. The van der Waals surface area contributed by atoms with Crippen LogP contribution in [-0.2, 0) is 16.0 Å². The van der Waals surface area contributed by atoms with Crippen LogP contribution in [0.4, 0.5) is 0 Å². The molecular weight excluding hydrogens is 416 g/mol. The van der Waals surface area contributed by atoms with Gasteiger partial charge >= 0.3 is 0 Å². The Labute approximate surface area is 185 Å². The van der Waals surface area contributed by atoms with Crippen molar-refractivity contribution in [2.45, 2.75) is 25.2 Å². The van der Waals surface area contributed by atoms with Crippen molar-refractivity contribution in [2.24, 2.45) is 0 Å². The SMILES string of the molecule is O=C(Cc1ccc(Cl)cc1)NCC(=O)N1CCC(c2nc(-c3ccccc3)no2)CC1. The van der Waals surface area contributed by atoms with Gasteiger partial charge in [0.15, 0.2) is 0 Å². The van der Waals surface area contributed by atoms with Gasteiger partial charge in [0, 0.05) is 29.6 Å². The number of likely N-dealkylation sites (tertiary alicyclic amines) is 1. The Morgan fingerprint density at radius 2 is 1.77 bits per heavy atom. The summed E-state index contributed by atoms with van der Waals surface area (Å²) in [4.78, 5) is 30.9. The second-order valence-electron chi connectivity index (χ2n) is 7.56. The summed E-state index contributed by atoms with van der Waals surface area (Å²) in [5.41, 5.74) is 1.77. The van der Waals surface area contributed by atoms with E-state index in [-0.39, 0.29) is 30.7 Å². The molecule has 160 valence electrons. The largest absolute Gasteiger partial charge is 0.347 e. The summed E-state index contributed by atoms with van der Waals surface area (Å²) in [6.45, 7) is 1.19. The number of hydrogen-bond acceptors (Lipinski definition) is 5. The molecule has 2 heterocycles. The molecule has 1 aromatic heterocycles. The number of carbonyl (C=O) groups excluding carboxylic acids is 2. The van der Waals surface area contributed by atoms with Crippen molar-refractivity contribution in [1.82, 2.24) is 20.4 Å². The Morgan fingerprint density at radius 1 is 1.06 bits per heavy atom. The standard InChI is InChI=1S/C23H23ClN4O3/c24-19-8-6-16(7-9-19)14-20(29)25-15-21(30)28-12-10-18(11-13-28)23-26-22(27-31-23)17-4-2-1-3-5-17/h1-9,18H,10-15H2,(H,25,29). The van der Waals surface area contributed by atoms with E-state index < -0.39 is 0 Å². The first-order valence-electron chi connectivity index (χ1n) is 10.3. The van der Waals surface area contributed by atoms with Crippen LogP contribution in [0.25, 0.3) is 11.4 Å². The lowest BCUT2D eigenvalue weighted by molar-refractivity contribution is -0.133. The third-order valence-corrected chi connectivity index (χ3v) is 5.64. The van der Waals surface area contributed by atoms with Crippen LogP contribution in [0.15, 0.2) is 59.1 Å². The molecule has 2 aromatic carbocycles. The van der Waals surface area contributed by atoms with Crippen molar-refractivity contribution in [2.75, 3.05) is 19.6 Å². The lowest BCUT2D eigenvalue weighted by Gasteiger charge is -2.30. The van der Waals surface area contributed by atoms with Crippen LogP contribution in [0.5, 0.6) is 0 Å². The van der Waals surface area contributed by atoms with E-state index in [0.29, 0.717) is 29.8 Å². The number of carbonyl (C=O) groups is 2. The van der Waals surface area contributed by atoms with Crippen LogP contribution in [0.2, 0.25) is 5.02 Å². The van der Waals surface area contributed by atoms with E-state index in [4.69, 9.17) is 16.1 Å². The summed E-state index contributed by atoms with van der Waals surface area (Å²) in [5.74, 6) is 1.05. The maximum Gasteiger partial charge on any atom is 0.241 e. The number of piperidine rings is 1. The van der Waals surface area contributed by atoms with Gasteiger partial charge in [-0.3, -0.25) is 9.59 Å². The van der Waals surface area contributed by atoms with E-state index in [0.717, 1.165) is 24.0 Å². The highest BCUT2D eigenvalue weighted by Crippen LogP contribution is 2.28. The molecule has 8 heteroatoms. The molecular formula is C23H23ClN4O3. The van der Waals surface area contributed by atoms with E-state index in [9.17, 15) is 9.59 Å². The zero-order chi connectivity index (χ0) is 21.6. The van der Waals surface area contributed by atoms with Gasteiger partial charge in [0.25, 0.3) is 0 Å². The minimum absolute atomic E-state index is 0.00416. The molecule has 3 aromatic rings. The highest BCUT2D eigenvalue weighted by molar-refractivity contribution is 6.30. The highest BCUT2D eigenvalue weighted by Gasteiger charge is 2.27. The number of aromatic nitrogens is 2. The average Bonchev–Trinajstić information content (AvgIpc) is 3.30. The molecule has 0 radical (unpaired) electrons. The Balaban J connectivity index is 1.23. The van der Waals surface area contributed by atoms with Crippen LogP contribution in [-0.4, -0.2) is 46.5 Å². The predicted molar refractivity (Wildman–Crippen MR) is 116 cm³/mol. The van der Waals surface area contributed by atoms with Gasteiger partial charge in [0.05, 0.1) is 13.0 Å². The molecule has 0 bridgehead atoms. The van der Waals surface area contributed by atoms with E-state index >= 15 is 0 Å². The lowest BCUT2D eigenvalue weighted by Crippen LogP contribution is -2.44. The fraction of sp³-hybridized carbons (Fsp3) is 0.304. The van der Waals surface area contributed by atoms with E-state index in [1.807, 2.05) is 30.3 Å². The summed E-state index contributed by atoms with van der Waals surface area (Å²) >= 11 is 5.85. The number of hydrogen-bond donors (Lipinski definition) is 1. The number of benzene rings is 2. The normalized spacial score (nSPS) is 14.4. The Bertz CT molecular complexity index is 1030. The van der Waals surface area contributed by atoms with Crippen molar-refractivity contribution >= 4 is 23.4 Å². The predicted octanol–water partition coefficient (Wildman–Crippen LogP) is 3.45. The smallest absolute Gasteiger partial charge is 0.241 e. The van der Waals surface area contributed by atoms with Gasteiger partial charge in [-0.05, 0) is 30.5 Å². The molecule has 0 spiro atoms. The third-order valence-electron chi connectivity index (χ3n) is 5.39. The molecule has 1 N–H and O–H groups in total. The van der Waals surface area contributed by atoms with Crippen LogP contribution in [0.1, 0.15) is 30.2 Å². The molecule has 1 aliphatic heterocycles. The number of amides is 2. The Hall–Kier alpha value is -3.19. The minimum Gasteiger partial charge on any atom is -0.347 e. The minimum atomic E-state index is -0.190. The summed E-state index contributed by atoms with van der Waals surface area (Å²) < 4.78 is 5.47. The van der Waals surface area contributed by atoms with E-state index in [1.54, 1.807) is 29.2 Å². The summed E-state index contributed by atoms with van der Waals surface area (Å²) in [5, 5.41) is 7.41. The fourth-order valence-corrected chi connectivity index (χ4v) is 3.74. The summed E-state index contributed by atoms with van der Waals surface area (Å²) in [6, 6.07) is 16.8. The van der Waals surface area contributed by atoms with Gasteiger partial charge in [0.1, 0.15) is 0 Å². The van der Waals surface area contributed by atoms with Crippen LogP contribution in [0, 0.1) is 0 Å². The van der Waals surface area contributed by atoms with Crippen LogP contribution < -0.4 is 5.32 Å². The van der Waals surface area contributed by atoms with Crippen molar-refractivity contribution < 1.29 is 14.1 Å². The molecule has 4 rings (SSSR count). The van der Waals surface area contributed by atoms with Crippen molar-refractivity contribution in [3.63, 3.8) is 0 Å². The average molecular weight is 439 g/mol. The molecule has 1 saturated heterocycles. The maximum absolute atomic E-state index is 12.5. The molecule has 7 nitrogen and oxygen atoms in total. The Morgan fingerprint density at radius 3 is 2.48 bits per heavy atom. The van der Waals surface area contributed by atoms with Gasteiger partial charge in [-0.1, -0.05) is 59.2 Å². The second-order valence-corrected chi connectivity index (χ2v) is 7.99. The van der Waals surface area contributed by atoms with Crippen LogP contribution in [0.3, 0.4) is 0 Å². The molecule has 0 aliphatic carbocycles. The zero-order valence-electron chi connectivity index (χ0n) is 17.0. The second kappa shape index (κ2) is 9.75. The van der Waals surface area contributed by atoms with Crippen molar-refractivity contribution in [1.29, 1.82) is 0 Å². The summed E-state index contributed by atoms with van der Waals surface area (Å²) in [7, 11) is 0. The first kappa shape index (κ1) is 21.1. The van der Waals surface area contributed by atoms with E-state index in [1.165, 1.54) is 0 Å². The number of rotatable bonds is 6. The molecule has 0 saturated carbocycles. The van der Waals surface area contributed by atoms with Crippen LogP contribution >= 0.6 is 11.6 Å². The molecule has 31 heavy (non-hydrogen) atoms. The van der Waals surface area contributed by atoms with Gasteiger partial charge in [-0.25, -0.2) is 0 Å². The molecule has 1 fully saturated rings. The lowest BCUT2D eigenvalue weighted by atomic mass is 9.96. The van der Waals surface area contributed by atoms with E-state index in [2.05, 4.69) is 15.5 Å². The fourth-order valence-electron chi connectivity index (χ4n) is 3.62. The van der Waals surface area contributed by atoms with Gasteiger partial charge in [0.2, 0.25) is 23.5 Å². The summed E-state index contributed by atoms with van der Waals surface area (Å²) in [6.07, 6.45) is 1.72. The first-order chi connectivity index (χ1) is 15.1. The van der Waals surface area contributed by atoms with Gasteiger partial charge in [-0.15, -0.1) is 0 Å². The number of nitrogens with one attached hydrogen (secondary N) is 1. The highest BCUT2D eigenvalue weighted by atomic mass is 35.5. The van der Waals surface area contributed by atoms with Crippen molar-refractivity contribution in [3.8, 4) is 11.4 Å². The quantitative estimate of drug-likeness (QED) is 0.636. The number of halogens is 1. The monoisotopic (exact) mass is 438 g/mol. The third kappa shape index (κ3) is 5.49. The zero-order valence-corrected chi connectivity index (χ0v) is 17.7. The molecule has 2 amide bonds. The Kier molecular flexibility index (Phi) is 6.62. The topological polar surface area (TPSA) is 88.3 Å².